The molecule has 6 aliphatic rings. The Balaban J connectivity index is 1.18. The van der Waals surface area contributed by atoms with Crippen molar-refractivity contribution in [2.45, 2.75) is 25.4 Å². The number of rotatable bonds is 4. The Hall–Kier alpha value is -2.47. The van der Waals surface area contributed by atoms with Gasteiger partial charge in [0.05, 0.1) is 23.6 Å². The van der Waals surface area contributed by atoms with E-state index in [-0.39, 0.29) is 47.5 Å². The third kappa shape index (κ3) is 2.54. The number of ether oxygens (including phenoxy) is 1. The Morgan fingerprint density at radius 1 is 1.03 bits per heavy atom. The van der Waals surface area contributed by atoms with Gasteiger partial charge in [0.25, 0.3) is 5.91 Å². The normalized spacial score (nSPS) is 38.9. The van der Waals surface area contributed by atoms with Gasteiger partial charge >= 0.3 is 0 Å². The standard InChI is InChI=1S/C23H24N2O4/c26-21(24-11-14-2-1-9-29-14)12-3-5-13(6-4-12)25-22(27)19-15-7-8-16(18-10-17(15)18)20(19)23(25)28/h3-8,14-20H,1-2,9-11H2,(H,24,26)/t14-,15-,16-,17-,18-,19+,20+/m1/s1. The number of carbonyl (C=O) groups is 3. The lowest BCUT2D eigenvalue weighted by Crippen LogP contribution is -2.40. The Kier molecular flexibility index (Phi) is 3.76. The fourth-order valence-corrected chi connectivity index (χ4v) is 6.09. The van der Waals surface area contributed by atoms with Crippen molar-refractivity contribution in [1.29, 1.82) is 0 Å². The van der Waals surface area contributed by atoms with Crippen molar-refractivity contribution in [3.05, 3.63) is 42.0 Å². The Morgan fingerprint density at radius 2 is 1.69 bits per heavy atom. The number of carbonyl (C=O) groups excluding carboxylic acids is 3. The summed E-state index contributed by atoms with van der Waals surface area (Å²) in [6.07, 6.45) is 7.61. The number of imide groups is 1. The molecule has 3 amide bonds. The van der Waals surface area contributed by atoms with Crippen LogP contribution in [0.5, 0.6) is 0 Å². The maximum atomic E-state index is 13.2. The summed E-state index contributed by atoms with van der Waals surface area (Å²) in [6, 6.07) is 6.80. The highest BCUT2D eigenvalue weighted by Gasteiger charge is 2.67. The monoisotopic (exact) mass is 392 g/mol. The summed E-state index contributed by atoms with van der Waals surface area (Å²) in [6.45, 7) is 1.26. The first kappa shape index (κ1) is 17.4. The van der Waals surface area contributed by atoms with Crippen LogP contribution >= 0.6 is 0 Å². The molecule has 2 saturated heterocycles. The van der Waals surface area contributed by atoms with Crippen LogP contribution in [-0.2, 0) is 14.3 Å². The second kappa shape index (κ2) is 6.26. The summed E-state index contributed by atoms with van der Waals surface area (Å²) < 4.78 is 5.53. The Morgan fingerprint density at radius 3 is 2.28 bits per heavy atom. The van der Waals surface area contributed by atoms with Crippen LogP contribution in [0.1, 0.15) is 29.6 Å². The van der Waals surface area contributed by atoms with E-state index in [4.69, 9.17) is 4.74 Å². The van der Waals surface area contributed by atoms with E-state index in [1.54, 1.807) is 24.3 Å². The van der Waals surface area contributed by atoms with Gasteiger partial charge in [-0.15, -0.1) is 0 Å². The van der Waals surface area contributed by atoms with Crippen LogP contribution in [0.3, 0.4) is 0 Å². The lowest BCUT2D eigenvalue weighted by molar-refractivity contribution is -0.124. The lowest BCUT2D eigenvalue weighted by atomic mass is 9.63. The zero-order valence-electron chi connectivity index (χ0n) is 16.1. The van der Waals surface area contributed by atoms with Gasteiger partial charge in [-0.05, 0) is 67.2 Å². The van der Waals surface area contributed by atoms with Gasteiger partial charge in [0.15, 0.2) is 0 Å². The lowest BCUT2D eigenvalue weighted by Gasteiger charge is -2.37. The summed E-state index contributed by atoms with van der Waals surface area (Å²) in [5, 5.41) is 2.90. The fourth-order valence-electron chi connectivity index (χ4n) is 6.09. The zero-order valence-corrected chi connectivity index (χ0v) is 16.1. The van der Waals surface area contributed by atoms with Crippen molar-refractivity contribution < 1.29 is 19.1 Å². The summed E-state index contributed by atoms with van der Waals surface area (Å²) in [4.78, 5) is 40.0. The van der Waals surface area contributed by atoms with Crippen molar-refractivity contribution >= 4 is 23.4 Å². The second-order valence-corrected chi connectivity index (χ2v) is 9.06. The fraction of sp³-hybridized carbons (Fsp3) is 0.522. The van der Waals surface area contributed by atoms with Crippen molar-refractivity contribution in [3.8, 4) is 0 Å². The van der Waals surface area contributed by atoms with Crippen LogP contribution in [-0.4, -0.2) is 37.0 Å². The minimum absolute atomic E-state index is 0.0692. The average Bonchev–Trinajstić information content (AvgIpc) is 3.33. The number of nitrogens with one attached hydrogen (secondary N) is 1. The number of nitrogens with zero attached hydrogens (tertiary/aromatic N) is 1. The van der Waals surface area contributed by atoms with E-state index < -0.39 is 0 Å². The van der Waals surface area contributed by atoms with Crippen LogP contribution in [0.2, 0.25) is 0 Å². The number of hydrogen-bond donors (Lipinski definition) is 1. The number of anilines is 1. The minimum atomic E-state index is -0.198. The van der Waals surface area contributed by atoms with E-state index in [1.165, 1.54) is 4.90 Å². The average molecular weight is 392 g/mol. The molecule has 0 radical (unpaired) electrons. The summed E-state index contributed by atoms with van der Waals surface area (Å²) in [5.74, 6) is 0.934. The van der Waals surface area contributed by atoms with Gasteiger partial charge < -0.3 is 10.1 Å². The zero-order chi connectivity index (χ0) is 19.7. The molecule has 0 unspecified atom stereocenters. The first-order valence-corrected chi connectivity index (χ1v) is 10.7. The molecule has 6 heteroatoms. The smallest absolute Gasteiger partial charge is 0.251 e. The van der Waals surface area contributed by atoms with Crippen LogP contribution in [0.4, 0.5) is 5.69 Å². The topological polar surface area (TPSA) is 75.7 Å². The molecule has 2 bridgehead atoms. The molecule has 2 aliphatic heterocycles. The van der Waals surface area contributed by atoms with Gasteiger partial charge in [0, 0.05) is 18.7 Å². The predicted octanol–water partition coefficient (Wildman–Crippen LogP) is 2.15. The van der Waals surface area contributed by atoms with E-state index in [0.29, 0.717) is 29.6 Å². The summed E-state index contributed by atoms with van der Waals surface area (Å²) in [7, 11) is 0. The largest absolute Gasteiger partial charge is 0.376 e. The first-order chi connectivity index (χ1) is 14.1. The van der Waals surface area contributed by atoms with Crippen LogP contribution < -0.4 is 10.2 Å². The van der Waals surface area contributed by atoms with Gasteiger partial charge in [0.1, 0.15) is 0 Å². The van der Waals surface area contributed by atoms with E-state index >= 15 is 0 Å². The van der Waals surface area contributed by atoms with Gasteiger partial charge in [-0.3, -0.25) is 19.3 Å². The predicted molar refractivity (Wildman–Crippen MR) is 105 cm³/mol. The number of allylic oxidation sites excluding steroid dienone is 2. The molecular formula is C23H24N2O4. The SMILES string of the molecule is O=C(NC[C@H]1CCCO1)c1ccc(N2C(=O)[C@H]3[C@@H]4C=C[C@H]([C@H]5C[C@H]45)[C@@H]3C2=O)cc1. The van der Waals surface area contributed by atoms with Crippen molar-refractivity contribution in [2.24, 2.45) is 35.5 Å². The van der Waals surface area contributed by atoms with Crippen molar-refractivity contribution in [2.75, 3.05) is 18.1 Å². The third-order valence-corrected chi connectivity index (χ3v) is 7.56. The van der Waals surface area contributed by atoms with Crippen LogP contribution in [0.15, 0.2) is 36.4 Å². The molecular weight excluding hydrogens is 368 g/mol. The maximum absolute atomic E-state index is 13.2. The Labute approximate surface area is 169 Å². The molecule has 1 N–H and O–H groups in total. The highest BCUT2D eigenvalue weighted by atomic mass is 16.5. The molecule has 2 saturated carbocycles. The molecule has 0 aromatic heterocycles. The molecule has 29 heavy (non-hydrogen) atoms. The molecule has 1 aromatic rings. The van der Waals surface area contributed by atoms with E-state index in [0.717, 1.165) is 25.9 Å². The van der Waals surface area contributed by atoms with Crippen molar-refractivity contribution in [1.82, 2.24) is 5.32 Å². The van der Waals surface area contributed by atoms with Crippen molar-refractivity contribution in [3.63, 3.8) is 0 Å². The molecule has 0 spiro atoms. The highest BCUT2D eigenvalue weighted by molar-refractivity contribution is 6.22. The second-order valence-electron chi connectivity index (χ2n) is 9.06. The molecule has 1 aromatic carbocycles. The van der Waals surface area contributed by atoms with Gasteiger partial charge in [-0.2, -0.15) is 0 Å². The van der Waals surface area contributed by atoms with Crippen LogP contribution in [0.25, 0.3) is 0 Å². The first-order valence-electron chi connectivity index (χ1n) is 10.7. The molecule has 7 rings (SSSR count). The highest BCUT2D eigenvalue weighted by Crippen LogP contribution is 2.65. The minimum Gasteiger partial charge on any atom is -0.376 e. The summed E-state index contributed by atoms with van der Waals surface area (Å²) in [5.41, 5.74) is 1.09. The molecule has 6 nitrogen and oxygen atoms in total. The molecule has 4 aliphatic carbocycles. The third-order valence-electron chi connectivity index (χ3n) is 7.56. The van der Waals surface area contributed by atoms with Gasteiger partial charge in [-0.1, -0.05) is 12.2 Å². The molecule has 7 atom stereocenters. The quantitative estimate of drug-likeness (QED) is 0.629. The summed E-state index contributed by atoms with van der Waals surface area (Å²) >= 11 is 0. The molecule has 2 heterocycles. The number of benzene rings is 1. The maximum Gasteiger partial charge on any atom is 0.251 e. The number of hydrogen-bond acceptors (Lipinski definition) is 4. The molecule has 4 fully saturated rings. The molecule has 150 valence electrons. The van der Waals surface area contributed by atoms with Gasteiger partial charge in [0.2, 0.25) is 11.8 Å². The van der Waals surface area contributed by atoms with Crippen LogP contribution in [0, 0.1) is 35.5 Å². The van der Waals surface area contributed by atoms with E-state index in [1.807, 2.05) is 0 Å². The van der Waals surface area contributed by atoms with E-state index in [2.05, 4.69) is 17.5 Å². The number of amides is 3. The van der Waals surface area contributed by atoms with Gasteiger partial charge in [-0.25, -0.2) is 0 Å². The Bertz CT molecular complexity index is 881. The van der Waals surface area contributed by atoms with E-state index in [9.17, 15) is 14.4 Å².